The van der Waals surface area contributed by atoms with Gasteiger partial charge in [0.2, 0.25) is 0 Å². The van der Waals surface area contributed by atoms with Crippen molar-refractivity contribution in [3.63, 3.8) is 0 Å². The summed E-state index contributed by atoms with van der Waals surface area (Å²) in [6.07, 6.45) is 0. The number of hydrogen-bond acceptors (Lipinski definition) is 2. The van der Waals surface area contributed by atoms with Gasteiger partial charge in [0.15, 0.2) is 5.78 Å². The van der Waals surface area contributed by atoms with Crippen molar-refractivity contribution in [3.8, 4) is 5.75 Å². The van der Waals surface area contributed by atoms with Crippen molar-refractivity contribution in [2.45, 2.75) is 20.4 Å². The van der Waals surface area contributed by atoms with E-state index in [1.807, 2.05) is 29.7 Å². The summed E-state index contributed by atoms with van der Waals surface area (Å²) in [6.45, 7) is 4.26. The molecule has 1 heterocycles. The molecule has 0 aliphatic rings. The van der Waals surface area contributed by atoms with Crippen LogP contribution >= 0.6 is 11.6 Å². The molecule has 3 nitrogen and oxygen atoms in total. The predicted molar refractivity (Wildman–Crippen MR) is 69.2 cm³/mol. The van der Waals surface area contributed by atoms with E-state index in [0.717, 1.165) is 23.2 Å². The van der Waals surface area contributed by atoms with Crippen molar-refractivity contribution in [3.05, 3.63) is 28.9 Å². The van der Waals surface area contributed by atoms with Gasteiger partial charge >= 0.3 is 0 Å². The number of ketones is 1. The molecule has 0 saturated carbocycles. The number of methoxy groups -OCH3 is 1. The quantitative estimate of drug-likeness (QED) is 0.782. The molecular weight excluding hydrogens is 238 g/mol. The van der Waals surface area contributed by atoms with Crippen LogP contribution in [-0.2, 0) is 6.54 Å². The van der Waals surface area contributed by atoms with E-state index in [0.29, 0.717) is 10.7 Å². The van der Waals surface area contributed by atoms with Crippen molar-refractivity contribution in [2.24, 2.45) is 0 Å². The topological polar surface area (TPSA) is 31.2 Å². The molecule has 0 aliphatic carbocycles. The Kier molecular flexibility index (Phi) is 3.11. The van der Waals surface area contributed by atoms with Gasteiger partial charge in [-0.2, -0.15) is 0 Å². The molecule has 0 aliphatic heterocycles. The third-order valence-electron chi connectivity index (χ3n) is 2.88. The molecule has 1 aromatic heterocycles. The van der Waals surface area contributed by atoms with Gasteiger partial charge < -0.3 is 9.30 Å². The first kappa shape index (κ1) is 12.0. The zero-order valence-electron chi connectivity index (χ0n) is 10.1. The lowest BCUT2D eigenvalue weighted by Gasteiger charge is -2.03. The summed E-state index contributed by atoms with van der Waals surface area (Å²) < 4.78 is 7.10. The fourth-order valence-electron chi connectivity index (χ4n) is 2.07. The van der Waals surface area contributed by atoms with E-state index < -0.39 is 0 Å². The number of carbonyl (C=O) groups is 1. The summed E-state index contributed by atoms with van der Waals surface area (Å²) in [6, 6.07) is 5.65. The molecule has 0 fully saturated rings. The molecule has 1 aromatic carbocycles. The minimum absolute atomic E-state index is 0.0274. The van der Waals surface area contributed by atoms with Gasteiger partial charge in [-0.15, -0.1) is 0 Å². The highest BCUT2D eigenvalue weighted by Crippen LogP contribution is 2.32. The number of aromatic nitrogens is 1. The van der Waals surface area contributed by atoms with E-state index in [1.54, 1.807) is 7.11 Å². The van der Waals surface area contributed by atoms with Gasteiger partial charge in [0.05, 0.1) is 18.2 Å². The highest BCUT2D eigenvalue weighted by molar-refractivity contribution is 6.35. The third-order valence-corrected chi connectivity index (χ3v) is 3.27. The number of carbonyl (C=O) groups excluding carboxylic acids is 1. The Morgan fingerprint density at radius 1 is 1.47 bits per heavy atom. The summed E-state index contributed by atoms with van der Waals surface area (Å²) in [7, 11) is 1.60. The second-order valence-corrected chi connectivity index (χ2v) is 4.21. The molecule has 0 unspecified atom stereocenters. The number of Topliss-reactive ketones (excluding diaryl/α,β-unsaturated/α-hetero) is 1. The van der Waals surface area contributed by atoms with Gasteiger partial charge in [0.25, 0.3) is 0 Å². The maximum Gasteiger partial charge on any atom is 0.163 e. The van der Waals surface area contributed by atoms with Crippen LogP contribution in [0.15, 0.2) is 18.2 Å². The summed E-state index contributed by atoms with van der Waals surface area (Å²) in [4.78, 5) is 11.7. The molecule has 0 atom stereocenters. The van der Waals surface area contributed by atoms with Crippen molar-refractivity contribution in [1.82, 2.24) is 4.57 Å². The van der Waals surface area contributed by atoms with Crippen molar-refractivity contribution < 1.29 is 9.53 Å². The van der Waals surface area contributed by atoms with Crippen LogP contribution in [0.5, 0.6) is 5.75 Å². The molecule has 0 radical (unpaired) electrons. The van der Waals surface area contributed by atoms with Crippen LogP contribution in [0, 0.1) is 0 Å². The second kappa shape index (κ2) is 4.41. The minimum atomic E-state index is -0.0274. The molecule has 2 rings (SSSR count). The fourth-order valence-corrected chi connectivity index (χ4v) is 2.52. The van der Waals surface area contributed by atoms with Crippen molar-refractivity contribution in [1.29, 1.82) is 0 Å². The molecule has 0 amide bonds. The molecule has 4 heteroatoms. The molecule has 0 bridgehead atoms. The molecule has 90 valence electrons. The van der Waals surface area contributed by atoms with E-state index >= 15 is 0 Å². The van der Waals surface area contributed by atoms with Gasteiger partial charge in [-0.1, -0.05) is 11.6 Å². The highest BCUT2D eigenvalue weighted by Gasteiger charge is 2.18. The van der Waals surface area contributed by atoms with Crippen molar-refractivity contribution in [2.75, 3.05) is 7.11 Å². The van der Waals surface area contributed by atoms with Crippen LogP contribution in [0.4, 0.5) is 0 Å². The van der Waals surface area contributed by atoms with Crippen LogP contribution in [-0.4, -0.2) is 17.5 Å². The average Bonchev–Trinajstić information content (AvgIpc) is 2.59. The molecule has 2 aromatic rings. The first-order valence-corrected chi connectivity index (χ1v) is 5.84. The lowest BCUT2D eigenvalue weighted by molar-refractivity contribution is 0.101. The number of rotatable bonds is 3. The van der Waals surface area contributed by atoms with E-state index in [9.17, 15) is 4.79 Å². The zero-order chi connectivity index (χ0) is 12.6. The van der Waals surface area contributed by atoms with Gasteiger partial charge in [-0.3, -0.25) is 4.79 Å². The largest absolute Gasteiger partial charge is 0.497 e. The number of benzene rings is 1. The van der Waals surface area contributed by atoms with E-state index in [-0.39, 0.29) is 5.78 Å². The average molecular weight is 252 g/mol. The number of ether oxygens (including phenoxy) is 1. The van der Waals surface area contributed by atoms with Crippen LogP contribution in [0.2, 0.25) is 5.15 Å². The summed E-state index contributed by atoms with van der Waals surface area (Å²) >= 11 is 6.24. The Balaban J connectivity index is 2.86. The number of hydrogen-bond donors (Lipinski definition) is 0. The smallest absolute Gasteiger partial charge is 0.163 e. The standard InChI is InChI=1S/C13H14ClNO2/c1-4-15-11-6-5-9(17-3)7-10(11)12(8(2)16)13(15)14/h5-7H,4H2,1-3H3. The van der Waals surface area contributed by atoms with Crippen molar-refractivity contribution >= 4 is 28.3 Å². The first-order valence-electron chi connectivity index (χ1n) is 5.46. The molecule has 0 saturated heterocycles. The molecule has 0 N–H and O–H groups in total. The maximum atomic E-state index is 11.7. The zero-order valence-corrected chi connectivity index (χ0v) is 10.8. The number of halogens is 1. The van der Waals surface area contributed by atoms with E-state index in [2.05, 4.69) is 0 Å². The predicted octanol–water partition coefficient (Wildman–Crippen LogP) is 3.53. The van der Waals surface area contributed by atoms with Gasteiger partial charge in [-0.25, -0.2) is 0 Å². The lowest BCUT2D eigenvalue weighted by Crippen LogP contribution is -1.95. The van der Waals surface area contributed by atoms with Crippen LogP contribution in [0.1, 0.15) is 24.2 Å². The molecule has 0 spiro atoms. The number of fused-ring (bicyclic) bond motifs is 1. The van der Waals surface area contributed by atoms with Crippen LogP contribution in [0.25, 0.3) is 10.9 Å². The Morgan fingerprint density at radius 3 is 2.71 bits per heavy atom. The minimum Gasteiger partial charge on any atom is -0.497 e. The monoisotopic (exact) mass is 251 g/mol. The van der Waals surface area contributed by atoms with Gasteiger partial charge in [0, 0.05) is 11.9 Å². The summed E-state index contributed by atoms with van der Waals surface area (Å²) in [5, 5.41) is 1.35. The SMILES string of the molecule is CCn1c(Cl)c(C(C)=O)c2cc(OC)ccc21. The summed E-state index contributed by atoms with van der Waals surface area (Å²) in [5.41, 5.74) is 1.53. The summed E-state index contributed by atoms with van der Waals surface area (Å²) in [5.74, 6) is 0.699. The van der Waals surface area contributed by atoms with Crippen LogP contribution < -0.4 is 4.74 Å². The van der Waals surface area contributed by atoms with E-state index in [1.165, 1.54) is 6.92 Å². The fraction of sp³-hybridized carbons (Fsp3) is 0.308. The third kappa shape index (κ3) is 1.80. The number of aryl methyl sites for hydroxylation is 1. The Labute approximate surface area is 105 Å². The Bertz CT molecular complexity index is 587. The highest BCUT2D eigenvalue weighted by atomic mass is 35.5. The second-order valence-electron chi connectivity index (χ2n) is 3.85. The normalized spacial score (nSPS) is 10.8. The van der Waals surface area contributed by atoms with Gasteiger partial charge in [0.1, 0.15) is 10.9 Å². The Morgan fingerprint density at radius 2 is 2.18 bits per heavy atom. The maximum absolute atomic E-state index is 11.7. The molecular formula is C13H14ClNO2. The first-order chi connectivity index (χ1) is 8.10. The number of nitrogens with zero attached hydrogens (tertiary/aromatic N) is 1. The Hall–Kier alpha value is -1.48. The van der Waals surface area contributed by atoms with Crippen LogP contribution in [0.3, 0.4) is 0 Å². The van der Waals surface area contributed by atoms with E-state index in [4.69, 9.17) is 16.3 Å². The van der Waals surface area contributed by atoms with Gasteiger partial charge in [-0.05, 0) is 32.0 Å². The molecule has 17 heavy (non-hydrogen) atoms. The lowest BCUT2D eigenvalue weighted by atomic mass is 10.1.